The lowest BCUT2D eigenvalue weighted by Gasteiger charge is -2.25. The molecule has 2 N–H and O–H groups in total. The van der Waals surface area contributed by atoms with E-state index in [1.807, 2.05) is 31.1 Å². The Labute approximate surface area is 136 Å². The second-order valence-corrected chi connectivity index (χ2v) is 5.65. The number of nitrogens with zero attached hydrogens (tertiary/aromatic N) is 1. The van der Waals surface area contributed by atoms with E-state index in [4.69, 9.17) is 4.74 Å². The van der Waals surface area contributed by atoms with E-state index in [-0.39, 0.29) is 12.6 Å². The van der Waals surface area contributed by atoms with E-state index < -0.39 is 11.8 Å². The van der Waals surface area contributed by atoms with E-state index in [0.717, 1.165) is 17.7 Å². The first kappa shape index (κ1) is 17.0. The average Bonchev–Trinajstić information content (AvgIpc) is 2.99. The minimum Gasteiger partial charge on any atom is -0.493 e. The van der Waals surface area contributed by atoms with Crippen LogP contribution in [0, 0.1) is 0 Å². The van der Waals surface area contributed by atoms with Crippen molar-refractivity contribution in [2.45, 2.75) is 12.5 Å². The zero-order valence-electron chi connectivity index (χ0n) is 13.6. The quantitative estimate of drug-likeness (QED) is 0.597. The van der Waals surface area contributed by atoms with Crippen molar-refractivity contribution in [1.82, 2.24) is 15.5 Å². The van der Waals surface area contributed by atoms with Gasteiger partial charge in [-0.15, -0.1) is 6.58 Å². The van der Waals surface area contributed by atoms with Crippen LogP contribution in [0.2, 0.25) is 0 Å². The lowest BCUT2D eigenvalue weighted by atomic mass is 10.0. The molecule has 124 valence electrons. The Bertz CT molecular complexity index is 599. The van der Waals surface area contributed by atoms with Gasteiger partial charge in [-0.2, -0.15) is 0 Å². The molecule has 0 spiro atoms. The van der Waals surface area contributed by atoms with E-state index in [1.165, 1.54) is 11.6 Å². The fraction of sp³-hybridized carbons (Fsp3) is 0.412. The van der Waals surface area contributed by atoms with Gasteiger partial charge in [-0.05, 0) is 31.3 Å². The predicted molar refractivity (Wildman–Crippen MR) is 88.3 cm³/mol. The van der Waals surface area contributed by atoms with Gasteiger partial charge in [0.1, 0.15) is 5.75 Å². The molecule has 0 aromatic heterocycles. The van der Waals surface area contributed by atoms with Crippen molar-refractivity contribution in [1.29, 1.82) is 0 Å². The van der Waals surface area contributed by atoms with E-state index >= 15 is 0 Å². The number of benzene rings is 1. The monoisotopic (exact) mass is 317 g/mol. The van der Waals surface area contributed by atoms with Gasteiger partial charge in [-0.1, -0.05) is 18.2 Å². The normalized spacial score (nSPS) is 13.9. The topological polar surface area (TPSA) is 70.7 Å². The summed E-state index contributed by atoms with van der Waals surface area (Å²) in [5, 5.41) is 5.14. The second-order valence-electron chi connectivity index (χ2n) is 5.65. The number of fused-ring (bicyclic) bond motifs is 1. The van der Waals surface area contributed by atoms with Crippen LogP contribution in [0.25, 0.3) is 0 Å². The van der Waals surface area contributed by atoms with Crippen LogP contribution in [-0.2, 0) is 16.0 Å². The van der Waals surface area contributed by atoms with Crippen LogP contribution >= 0.6 is 0 Å². The lowest BCUT2D eigenvalue weighted by Crippen LogP contribution is -2.43. The Morgan fingerprint density at radius 3 is 2.78 bits per heavy atom. The van der Waals surface area contributed by atoms with Gasteiger partial charge in [0.2, 0.25) is 0 Å². The summed E-state index contributed by atoms with van der Waals surface area (Å²) in [6.45, 7) is 4.83. The molecule has 0 fully saturated rings. The van der Waals surface area contributed by atoms with Crippen molar-refractivity contribution < 1.29 is 14.3 Å². The first-order valence-corrected chi connectivity index (χ1v) is 7.62. The van der Waals surface area contributed by atoms with Gasteiger partial charge >= 0.3 is 11.8 Å². The molecule has 2 amide bonds. The summed E-state index contributed by atoms with van der Waals surface area (Å²) in [5.41, 5.74) is 2.27. The van der Waals surface area contributed by atoms with Gasteiger partial charge in [-0.25, -0.2) is 0 Å². The molecule has 1 heterocycles. The maximum absolute atomic E-state index is 11.8. The van der Waals surface area contributed by atoms with Crippen molar-refractivity contribution in [3.05, 3.63) is 42.0 Å². The second kappa shape index (κ2) is 7.78. The van der Waals surface area contributed by atoms with E-state index in [2.05, 4.69) is 23.3 Å². The molecule has 0 radical (unpaired) electrons. The number of carbonyl (C=O) groups excluding carboxylic acids is 2. The molecular formula is C17H23N3O3. The Balaban J connectivity index is 2.00. The third kappa shape index (κ3) is 4.32. The molecule has 0 saturated heterocycles. The molecule has 0 bridgehead atoms. The summed E-state index contributed by atoms with van der Waals surface area (Å²) in [7, 11) is 3.89. The van der Waals surface area contributed by atoms with Crippen LogP contribution in [0.3, 0.4) is 0 Å². The van der Waals surface area contributed by atoms with Gasteiger partial charge < -0.3 is 20.3 Å². The highest BCUT2D eigenvalue weighted by molar-refractivity contribution is 6.35. The Hall–Kier alpha value is -2.34. The van der Waals surface area contributed by atoms with Crippen LogP contribution in [0.5, 0.6) is 5.75 Å². The van der Waals surface area contributed by atoms with Gasteiger partial charge in [0.05, 0.1) is 12.6 Å². The maximum atomic E-state index is 11.8. The summed E-state index contributed by atoms with van der Waals surface area (Å²) in [5.74, 6) is -0.355. The number of ether oxygens (including phenoxy) is 1. The average molecular weight is 317 g/mol. The fourth-order valence-electron chi connectivity index (χ4n) is 2.53. The molecule has 6 nitrogen and oxygen atoms in total. The SMILES string of the molecule is C=CCNC(=O)C(=O)NCC(c1ccc2c(c1)CCO2)N(C)C. The first-order valence-electron chi connectivity index (χ1n) is 7.62. The van der Waals surface area contributed by atoms with Gasteiger partial charge in [0.15, 0.2) is 0 Å². The fourth-order valence-corrected chi connectivity index (χ4v) is 2.53. The zero-order valence-corrected chi connectivity index (χ0v) is 13.6. The van der Waals surface area contributed by atoms with Crippen LogP contribution in [-0.4, -0.2) is 50.5 Å². The van der Waals surface area contributed by atoms with Crippen molar-refractivity contribution in [3.63, 3.8) is 0 Å². The number of nitrogens with one attached hydrogen (secondary N) is 2. The van der Waals surface area contributed by atoms with Gasteiger partial charge in [-0.3, -0.25) is 9.59 Å². The van der Waals surface area contributed by atoms with Gasteiger partial charge in [0, 0.05) is 19.5 Å². The van der Waals surface area contributed by atoms with Crippen LogP contribution in [0.1, 0.15) is 17.2 Å². The lowest BCUT2D eigenvalue weighted by molar-refractivity contribution is -0.139. The van der Waals surface area contributed by atoms with E-state index in [1.54, 1.807) is 0 Å². The largest absolute Gasteiger partial charge is 0.493 e. The molecule has 23 heavy (non-hydrogen) atoms. The predicted octanol–water partition coefficient (Wildman–Crippen LogP) is 0.643. The molecule has 1 aliphatic rings. The number of likely N-dealkylation sites (N-methyl/N-ethyl adjacent to an activating group) is 1. The smallest absolute Gasteiger partial charge is 0.309 e. The molecule has 1 aliphatic heterocycles. The zero-order chi connectivity index (χ0) is 16.8. The minimum atomic E-state index is -0.648. The Morgan fingerprint density at radius 2 is 2.09 bits per heavy atom. The molecule has 2 rings (SSSR count). The van der Waals surface area contributed by atoms with Gasteiger partial charge in [0.25, 0.3) is 0 Å². The van der Waals surface area contributed by atoms with Crippen molar-refractivity contribution >= 4 is 11.8 Å². The summed E-state index contributed by atoms with van der Waals surface area (Å²) in [4.78, 5) is 25.4. The van der Waals surface area contributed by atoms with Crippen LogP contribution < -0.4 is 15.4 Å². The molecule has 1 aromatic rings. The van der Waals surface area contributed by atoms with Crippen LogP contribution in [0.4, 0.5) is 0 Å². The summed E-state index contributed by atoms with van der Waals surface area (Å²) in [6, 6.07) is 6.06. The van der Waals surface area contributed by atoms with Crippen LogP contribution in [0.15, 0.2) is 30.9 Å². The molecule has 1 unspecified atom stereocenters. The minimum absolute atomic E-state index is 0.0166. The number of rotatable bonds is 6. The van der Waals surface area contributed by atoms with Crippen molar-refractivity contribution in [2.75, 3.05) is 33.8 Å². The molecule has 1 aromatic carbocycles. The Kier molecular flexibility index (Phi) is 5.76. The summed E-state index contributed by atoms with van der Waals surface area (Å²) < 4.78 is 5.52. The first-order chi connectivity index (χ1) is 11.0. The number of carbonyl (C=O) groups is 2. The standard InChI is InChI=1S/C17H23N3O3/c1-4-8-18-16(21)17(22)19-11-14(20(2)3)12-5-6-15-13(10-12)7-9-23-15/h4-6,10,14H,1,7-9,11H2,2-3H3,(H,18,21)(H,19,22). The molecule has 6 heteroatoms. The van der Waals surface area contributed by atoms with E-state index in [9.17, 15) is 9.59 Å². The number of hydrogen-bond acceptors (Lipinski definition) is 4. The highest BCUT2D eigenvalue weighted by atomic mass is 16.5. The third-order valence-corrected chi connectivity index (χ3v) is 3.79. The van der Waals surface area contributed by atoms with Crippen molar-refractivity contribution in [3.8, 4) is 5.75 Å². The molecular weight excluding hydrogens is 294 g/mol. The Morgan fingerprint density at radius 1 is 1.35 bits per heavy atom. The van der Waals surface area contributed by atoms with Crippen molar-refractivity contribution in [2.24, 2.45) is 0 Å². The maximum Gasteiger partial charge on any atom is 0.309 e. The summed E-state index contributed by atoms with van der Waals surface area (Å²) in [6.07, 6.45) is 2.43. The molecule has 0 aliphatic carbocycles. The highest BCUT2D eigenvalue weighted by Crippen LogP contribution is 2.29. The molecule has 0 saturated carbocycles. The van der Waals surface area contributed by atoms with E-state index in [0.29, 0.717) is 13.2 Å². The molecule has 1 atom stereocenters. The highest BCUT2D eigenvalue weighted by Gasteiger charge is 2.20. The number of amides is 2. The summed E-state index contributed by atoms with van der Waals surface area (Å²) >= 11 is 0. The third-order valence-electron chi connectivity index (χ3n) is 3.79. The number of hydrogen-bond donors (Lipinski definition) is 2.